The topological polar surface area (TPSA) is 99.7 Å². The smallest absolute Gasteiger partial charge is 0.222 e. The molecule has 1 aromatic rings. The van der Waals surface area contributed by atoms with Crippen molar-refractivity contribution in [2.45, 2.75) is 45.1 Å². The average molecular weight is 554 g/mol. The number of sulfone groups is 1. The minimum atomic E-state index is -3.01. The van der Waals surface area contributed by atoms with Gasteiger partial charge >= 0.3 is 0 Å². The highest BCUT2D eigenvalue weighted by atomic mass is 127. The molecule has 1 aliphatic heterocycles. The Bertz CT molecular complexity index is 846. The lowest BCUT2D eigenvalue weighted by atomic mass is 9.85. The average Bonchev–Trinajstić information content (AvgIpc) is 2.98. The van der Waals surface area contributed by atoms with Crippen LogP contribution >= 0.6 is 24.0 Å². The molecule has 0 aliphatic carbocycles. The highest BCUT2D eigenvalue weighted by molar-refractivity contribution is 14.0. The number of rotatable bonds is 8. The first-order valence-electron chi connectivity index (χ1n) is 9.89. The number of benzene rings is 1. The van der Waals surface area contributed by atoms with Crippen LogP contribution in [0.4, 0.5) is 4.39 Å². The van der Waals surface area contributed by atoms with Gasteiger partial charge < -0.3 is 16.0 Å². The number of guanidine groups is 1. The van der Waals surface area contributed by atoms with Gasteiger partial charge in [0.05, 0.1) is 18.1 Å². The fraction of sp³-hybridized carbons (Fsp3) is 0.600. The van der Waals surface area contributed by atoms with Crippen LogP contribution in [-0.4, -0.2) is 57.5 Å². The predicted molar refractivity (Wildman–Crippen MR) is 129 cm³/mol. The van der Waals surface area contributed by atoms with Gasteiger partial charge in [-0.2, -0.15) is 0 Å². The van der Waals surface area contributed by atoms with E-state index in [1.165, 1.54) is 12.1 Å². The molecule has 1 saturated heterocycles. The quantitative estimate of drug-likeness (QED) is 0.259. The first-order chi connectivity index (χ1) is 13.6. The Kier molecular flexibility index (Phi) is 10.5. The number of aliphatic imine (C=N–C) groups is 1. The molecular formula is C20H32FIN4O3S. The Morgan fingerprint density at radius 3 is 2.63 bits per heavy atom. The maximum Gasteiger partial charge on any atom is 0.222 e. The zero-order valence-electron chi connectivity index (χ0n) is 17.7. The summed E-state index contributed by atoms with van der Waals surface area (Å²) in [5.41, 5.74) is 0.512. The predicted octanol–water partition coefficient (Wildman–Crippen LogP) is 1.97. The fourth-order valence-electron chi connectivity index (χ4n) is 3.12. The van der Waals surface area contributed by atoms with Crippen LogP contribution in [0, 0.1) is 5.82 Å². The highest BCUT2D eigenvalue weighted by Crippen LogP contribution is 2.24. The Balaban J connectivity index is 0.00000450. The van der Waals surface area contributed by atoms with Crippen LogP contribution in [0.1, 0.15) is 39.2 Å². The molecule has 1 fully saturated rings. The summed E-state index contributed by atoms with van der Waals surface area (Å²) in [6.07, 6.45) is 0.689. The van der Waals surface area contributed by atoms with Crippen LogP contribution in [0.2, 0.25) is 0 Å². The Morgan fingerprint density at radius 2 is 2.03 bits per heavy atom. The Morgan fingerprint density at radius 1 is 1.30 bits per heavy atom. The van der Waals surface area contributed by atoms with E-state index in [1.807, 2.05) is 26.8 Å². The first-order valence-corrected chi connectivity index (χ1v) is 11.7. The SMILES string of the molecule is CCNC(=NCC(C)(C)c1cccc(F)c1)NCCC(=O)NC1CCS(=O)(=O)C1.I. The van der Waals surface area contributed by atoms with Crippen molar-refractivity contribution in [3.05, 3.63) is 35.6 Å². The largest absolute Gasteiger partial charge is 0.357 e. The minimum absolute atomic E-state index is 0. The lowest BCUT2D eigenvalue weighted by molar-refractivity contribution is -0.121. The van der Waals surface area contributed by atoms with E-state index in [2.05, 4.69) is 20.9 Å². The number of carbonyl (C=O) groups excluding carboxylic acids is 1. The number of nitrogens with zero attached hydrogens (tertiary/aromatic N) is 1. The maximum absolute atomic E-state index is 13.5. The lowest BCUT2D eigenvalue weighted by Gasteiger charge is -2.24. The van der Waals surface area contributed by atoms with Gasteiger partial charge in [0.25, 0.3) is 0 Å². The van der Waals surface area contributed by atoms with Crippen molar-refractivity contribution in [1.82, 2.24) is 16.0 Å². The van der Waals surface area contributed by atoms with Gasteiger partial charge in [-0.15, -0.1) is 24.0 Å². The molecule has 3 N–H and O–H groups in total. The number of carbonyl (C=O) groups is 1. The van der Waals surface area contributed by atoms with Crippen LogP contribution in [0.25, 0.3) is 0 Å². The summed E-state index contributed by atoms with van der Waals surface area (Å²) in [5, 5.41) is 9.01. The zero-order valence-corrected chi connectivity index (χ0v) is 20.8. The third-order valence-corrected chi connectivity index (χ3v) is 6.59. The van der Waals surface area contributed by atoms with Gasteiger partial charge in [0, 0.05) is 31.0 Å². The molecule has 1 aromatic carbocycles. The van der Waals surface area contributed by atoms with Gasteiger partial charge in [-0.05, 0) is 31.0 Å². The van der Waals surface area contributed by atoms with Gasteiger partial charge in [-0.3, -0.25) is 9.79 Å². The number of hydrogen-bond acceptors (Lipinski definition) is 4. The Labute approximate surface area is 195 Å². The normalized spacial score (nSPS) is 18.4. The van der Waals surface area contributed by atoms with Crippen molar-refractivity contribution in [3.8, 4) is 0 Å². The molecule has 1 amide bonds. The minimum Gasteiger partial charge on any atom is -0.357 e. The van der Waals surface area contributed by atoms with E-state index < -0.39 is 9.84 Å². The summed E-state index contributed by atoms with van der Waals surface area (Å²) >= 11 is 0. The van der Waals surface area contributed by atoms with E-state index in [0.29, 0.717) is 32.0 Å². The summed E-state index contributed by atoms with van der Waals surface area (Å²) < 4.78 is 36.4. The van der Waals surface area contributed by atoms with Gasteiger partial charge in [-0.25, -0.2) is 12.8 Å². The van der Waals surface area contributed by atoms with E-state index in [4.69, 9.17) is 0 Å². The third kappa shape index (κ3) is 8.75. The molecule has 1 unspecified atom stereocenters. The first kappa shape index (κ1) is 26.6. The van der Waals surface area contributed by atoms with Crippen molar-refractivity contribution < 1.29 is 17.6 Å². The zero-order chi connectivity index (χ0) is 21.5. The van der Waals surface area contributed by atoms with Crippen molar-refractivity contribution in [3.63, 3.8) is 0 Å². The van der Waals surface area contributed by atoms with Crippen LogP contribution in [-0.2, 0) is 20.0 Å². The highest BCUT2D eigenvalue weighted by Gasteiger charge is 2.28. The molecular weight excluding hydrogens is 522 g/mol. The van der Waals surface area contributed by atoms with Crippen molar-refractivity contribution >= 4 is 45.7 Å². The molecule has 0 spiro atoms. The molecule has 0 aromatic heterocycles. The lowest BCUT2D eigenvalue weighted by Crippen LogP contribution is -2.41. The van der Waals surface area contributed by atoms with Crippen molar-refractivity contribution in [2.75, 3.05) is 31.1 Å². The van der Waals surface area contributed by atoms with Crippen LogP contribution in [0.15, 0.2) is 29.3 Å². The molecule has 0 bridgehead atoms. The number of nitrogens with one attached hydrogen (secondary N) is 3. The molecule has 0 saturated carbocycles. The summed E-state index contributed by atoms with van der Waals surface area (Å²) in [6.45, 7) is 7.42. The van der Waals surface area contributed by atoms with E-state index in [1.54, 1.807) is 6.07 Å². The molecule has 1 aliphatic rings. The summed E-state index contributed by atoms with van der Waals surface area (Å²) in [7, 11) is -3.01. The number of amides is 1. The van der Waals surface area contributed by atoms with Gasteiger partial charge in [-0.1, -0.05) is 26.0 Å². The number of hydrogen-bond donors (Lipinski definition) is 3. The van der Waals surface area contributed by atoms with E-state index >= 15 is 0 Å². The molecule has 0 radical (unpaired) electrons. The fourth-order valence-corrected chi connectivity index (χ4v) is 4.80. The van der Waals surface area contributed by atoms with E-state index in [0.717, 1.165) is 5.56 Å². The molecule has 7 nitrogen and oxygen atoms in total. The van der Waals surface area contributed by atoms with Crippen LogP contribution < -0.4 is 16.0 Å². The third-order valence-electron chi connectivity index (χ3n) is 4.82. The molecule has 1 atom stereocenters. The Hall–Kier alpha value is -1.43. The monoisotopic (exact) mass is 554 g/mol. The van der Waals surface area contributed by atoms with E-state index in [-0.39, 0.29) is 65.1 Å². The molecule has 30 heavy (non-hydrogen) atoms. The summed E-state index contributed by atoms with van der Waals surface area (Å²) in [4.78, 5) is 16.6. The number of halogens is 2. The standard InChI is InChI=1S/C20H31FN4O3S.HI/c1-4-22-19(24-14-20(2,3)15-6-5-7-16(21)12-15)23-10-8-18(26)25-17-9-11-29(27,28)13-17;/h5-7,12,17H,4,8-11,13-14H2,1-3H3,(H,25,26)(H2,22,23,24);1H. The summed E-state index contributed by atoms with van der Waals surface area (Å²) in [5.74, 6) is 0.273. The molecule has 170 valence electrons. The van der Waals surface area contributed by atoms with Gasteiger partial charge in [0.1, 0.15) is 5.82 Å². The van der Waals surface area contributed by atoms with Crippen LogP contribution in [0.5, 0.6) is 0 Å². The second kappa shape index (κ2) is 11.8. The molecule has 1 heterocycles. The maximum atomic E-state index is 13.5. The van der Waals surface area contributed by atoms with Gasteiger partial charge in [0.15, 0.2) is 15.8 Å². The van der Waals surface area contributed by atoms with Crippen LogP contribution in [0.3, 0.4) is 0 Å². The van der Waals surface area contributed by atoms with E-state index in [9.17, 15) is 17.6 Å². The molecule has 10 heteroatoms. The second-order valence-electron chi connectivity index (χ2n) is 7.93. The van der Waals surface area contributed by atoms with Crippen molar-refractivity contribution in [2.24, 2.45) is 4.99 Å². The summed E-state index contributed by atoms with van der Waals surface area (Å²) in [6, 6.07) is 6.21. The molecule has 2 rings (SSSR count). The van der Waals surface area contributed by atoms with Crippen molar-refractivity contribution in [1.29, 1.82) is 0 Å². The van der Waals surface area contributed by atoms with Gasteiger partial charge in [0.2, 0.25) is 5.91 Å². The second-order valence-corrected chi connectivity index (χ2v) is 10.2.